The Hall–Kier alpha value is -2.75. The lowest BCUT2D eigenvalue weighted by Gasteiger charge is -2.04. The Balaban J connectivity index is 2.05. The molecule has 0 atom stereocenters. The number of aromatic nitrogens is 2. The van der Waals surface area contributed by atoms with Crippen molar-refractivity contribution in [3.8, 4) is 11.1 Å². The summed E-state index contributed by atoms with van der Waals surface area (Å²) in [5, 5.41) is 5.00. The highest BCUT2D eigenvalue weighted by atomic mass is 16.2. The number of fused-ring (bicyclic) bond motifs is 1. The summed E-state index contributed by atoms with van der Waals surface area (Å²) < 4.78 is 1.39. The summed E-state index contributed by atoms with van der Waals surface area (Å²) >= 11 is 0. The summed E-state index contributed by atoms with van der Waals surface area (Å²) in [5.74, 6) is -0.0525. The molecule has 0 saturated carbocycles. The summed E-state index contributed by atoms with van der Waals surface area (Å²) in [7, 11) is 0. The number of carbonyl (C=O) groups is 2. The highest BCUT2D eigenvalue weighted by molar-refractivity contribution is 5.95. The molecule has 104 valence electrons. The number of hydrogen-bond donors (Lipinski definition) is 0. The quantitative estimate of drug-likeness (QED) is 0.673. The molecule has 0 unspecified atom stereocenters. The molecule has 0 bridgehead atoms. The second-order valence-corrected chi connectivity index (χ2v) is 4.98. The van der Waals surface area contributed by atoms with Crippen LogP contribution in [0.3, 0.4) is 0 Å². The molecule has 3 rings (SSSR count). The maximum Gasteiger partial charge on any atom is 0.244 e. The molecule has 0 N–H and O–H groups in total. The van der Waals surface area contributed by atoms with Gasteiger partial charge in [0.25, 0.3) is 0 Å². The predicted molar refractivity (Wildman–Crippen MR) is 81.5 cm³/mol. The van der Waals surface area contributed by atoms with Gasteiger partial charge in [-0.25, -0.2) is 4.68 Å². The van der Waals surface area contributed by atoms with Crippen LogP contribution in [0.1, 0.15) is 29.0 Å². The third-order valence-corrected chi connectivity index (χ3v) is 3.49. The number of nitrogens with zero attached hydrogens (tertiary/aromatic N) is 2. The first-order chi connectivity index (χ1) is 10.1. The van der Waals surface area contributed by atoms with Crippen LogP contribution in [0.25, 0.3) is 22.0 Å². The second-order valence-electron chi connectivity index (χ2n) is 4.98. The SMILES string of the molecule is CC(=O)c1ccc(-c2ccc3c(cnn3C(C)=O)c2)cc1. The van der Waals surface area contributed by atoms with Crippen molar-refractivity contribution in [3.63, 3.8) is 0 Å². The second kappa shape index (κ2) is 4.98. The van der Waals surface area contributed by atoms with Gasteiger partial charge < -0.3 is 0 Å². The Bertz CT molecular complexity index is 845. The third-order valence-electron chi connectivity index (χ3n) is 3.49. The fraction of sp³-hybridized carbons (Fsp3) is 0.118. The average Bonchev–Trinajstić information content (AvgIpc) is 2.90. The fourth-order valence-corrected chi connectivity index (χ4v) is 2.36. The van der Waals surface area contributed by atoms with Crippen molar-refractivity contribution in [1.82, 2.24) is 9.78 Å². The van der Waals surface area contributed by atoms with E-state index in [-0.39, 0.29) is 11.7 Å². The highest BCUT2D eigenvalue weighted by Crippen LogP contribution is 2.24. The number of hydrogen-bond acceptors (Lipinski definition) is 3. The van der Waals surface area contributed by atoms with Gasteiger partial charge in [0.05, 0.1) is 11.7 Å². The highest BCUT2D eigenvalue weighted by Gasteiger charge is 2.08. The summed E-state index contributed by atoms with van der Waals surface area (Å²) in [6.45, 7) is 3.04. The number of benzene rings is 2. The van der Waals surface area contributed by atoms with Crippen molar-refractivity contribution in [3.05, 3.63) is 54.2 Å². The molecule has 0 fully saturated rings. The van der Waals surface area contributed by atoms with Gasteiger partial charge in [-0.05, 0) is 30.2 Å². The van der Waals surface area contributed by atoms with Crippen LogP contribution in [0, 0.1) is 0 Å². The molecule has 0 aliphatic heterocycles. The van der Waals surface area contributed by atoms with Crippen LogP contribution in [0.15, 0.2) is 48.7 Å². The van der Waals surface area contributed by atoms with Gasteiger partial charge >= 0.3 is 0 Å². The van der Waals surface area contributed by atoms with Crippen LogP contribution in [0.5, 0.6) is 0 Å². The molecule has 0 aliphatic rings. The van der Waals surface area contributed by atoms with Gasteiger partial charge in [0.15, 0.2) is 5.78 Å². The van der Waals surface area contributed by atoms with Gasteiger partial charge in [0, 0.05) is 17.9 Å². The standard InChI is InChI=1S/C17H14N2O2/c1-11(20)13-3-5-14(6-4-13)15-7-8-17-16(9-15)10-18-19(17)12(2)21/h3-10H,1-2H3. The molecule has 1 heterocycles. The Morgan fingerprint density at radius 2 is 1.62 bits per heavy atom. The zero-order chi connectivity index (χ0) is 15.0. The third kappa shape index (κ3) is 2.36. The maximum atomic E-state index is 11.4. The van der Waals surface area contributed by atoms with Crippen molar-refractivity contribution in [2.45, 2.75) is 13.8 Å². The van der Waals surface area contributed by atoms with Crippen LogP contribution in [-0.4, -0.2) is 21.5 Å². The van der Waals surface area contributed by atoms with E-state index in [9.17, 15) is 9.59 Å². The summed E-state index contributed by atoms with van der Waals surface area (Å²) in [6.07, 6.45) is 1.68. The Morgan fingerprint density at radius 3 is 2.24 bits per heavy atom. The molecule has 0 spiro atoms. The monoisotopic (exact) mass is 278 g/mol. The van der Waals surface area contributed by atoms with Gasteiger partial charge in [-0.3, -0.25) is 9.59 Å². The molecular formula is C17H14N2O2. The van der Waals surface area contributed by atoms with E-state index in [0.717, 1.165) is 22.0 Å². The molecular weight excluding hydrogens is 264 g/mol. The van der Waals surface area contributed by atoms with Gasteiger partial charge in [0.2, 0.25) is 5.91 Å². The Morgan fingerprint density at radius 1 is 0.952 bits per heavy atom. The lowest BCUT2D eigenvalue weighted by Crippen LogP contribution is -2.06. The summed E-state index contributed by atoms with van der Waals surface area (Å²) in [5.41, 5.74) is 3.55. The van der Waals surface area contributed by atoms with E-state index in [1.807, 2.05) is 42.5 Å². The van der Waals surface area contributed by atoms with E-state index in [1.165, 1.54) is 11.6 Å². The minimum atomic E-state index is -0.108. The number of Topliss-reactive ketones (excluding diaryl/α,β-unsaturated/α-hetero) is 1. The van der Waals surface area contributed by atoms with E-state index in [1.54, 1.807) is 13.1 Å². The fourth-order valence-electron chi connectivity index (χ4n) is 2.36. The molecule has 0 aliphatic carbocycles. The van der Waals surface area contributed by atoms with E-state index in [4.69, 9.17) is 0 Å². The van der Waals surface area contributed by atoms with E-state index < -0.39 is 0 Å². The first kappa shape index (κ1) is 13.2. The molecule has 0 radical (unpaired) electrons. The van der Waals surface area contributed by atoms with Crippen LogP contribution < -0.4 is 0 Å². The number of carbonyl (C=O) groups excluding carboxylic acids is 2. The predicted octanol–water partition coefficient (Wildman–Crippen LogP) is 3.57. The van der Waals surface area contributed by atoms with Crippen molar-refractivity contribution < 1.29 is 9.59 Å². The van der Waals surface area contributed by atoms with Gasteiger partial charge in [-0.2, -0.15) is 5.10 Å². The maximum absolute atomic E-state index is 11.4. The number of ketones is 1. The Kier molecular flexibility index (Phi) is 3.14. The van der Waals surface area contributed by atoms with Gasteiger partial charge in [0.1, 0.15) is 0 Å². The zero-order valence-corrected chi connectivity index (χ0v) is 11.8. The normalized spacial score (nSPS) is 10.8. The van der Waals surface area contributed by atoms with Crippen molar-refractivity contribution >= 4 is 22.6 Å². The zero-order valence-electron chi connectivity index (χ0n) is 11.8. The molecule has 21 heavy (non-hydrogen) atoms. The average molecular weight is 278 g/mol. The minimum Gasteiger partial charge on any atom is -0.295 e. The molecule has 4 nitrogen and oxygen atoms in total. The van der Waals surface area contributed by atoms with Gasteiger partial charge in [-0.15, -0.1) is 0 Å². The number of rotatable bonds is 2. The smallest absolute Gasteiger partial charge is 0.244 e. The van der Waals surface area contributed by atoms with Crippen LogP contribution >= 0.6 is 0 Å². The minimum absolute atomic E-state index is 0.0553. The van der Waals surface area contributed by atoms with Gasteiger partial charge in [-0.1, -0.05) is 30.3 Å². The lowest BCUT2D eigenvalue weighted by molar-refractivity contribution is 0.0926. The lowest BCUT2D eigenvalue weighted by atomic mass is 10.0. The van der Waals surface area contributed by atoms with E-state index in [0.29, 0.717) is 5.56 Å². The molecule has 0 amide bonds. The first-order valence-corrected chi connectivity index (χ1v) is 6.66. The molecule has 4 heteroatoms. The van der Waals surface area contributed by atoms with E-state index in [2.05, 4.69) is 5.10 Å². The molecule has 2 aromatic carbocycles. The molecule has 0 saturated heterocycles. The topological polar surface area (TPSA) is 52.0 Å². The van der Waals surface area contributed by atoms with Crippen molar-refractivity contribution in [1.29, 1.82) is 0 Å². The van der Waals surface area contributed by atoms with Crippen molar-refractivity contribution in [2.24, 2.45) is 0 Å². The molecule has 1 aromatic heterocycles. The molecule has 3 aromatic rings. The van der Waals surface area contributed by atoms with Crippen LogP contribution in [0.2, 0.25) is 0 Å². The van der Waals surface area contributed by atoms with Crippen LogP contribution in [-0.2, 0) is 0 Å². The van der Waals surface area contributed by atoms with E-state index >= 15 is 0 Å². The summed E-state index contributed by atoms with van der Waals surface area (Å²) in [6, 6.07) is 13.3. The van der Waals surface area contributed by atoms with Crippen LogP contribution in [0.4, 0.5) is 0 Å². The largest absolute Gasteiger partial charge is 0.295 e. The van der Waals surface area contributed by atoms with Crippen molar-refractivity contribution in [2.75, 3.05) is 0 Å². The summed E-state index contributed by atoms with van der Waals surface area (Å²) in [4.78, 5) is 22.7. The Labute approximate surface area is 122 Å². The first-order valence-electron chi connectivity index (χ1n) is 6.66.